The smallest absolute Gasteiger partial charge is 0.416 e. The van der Waals surface area contributed by atoms with Gasteiger partial charge in [-0.3, -0.25) is 0 Å². The Morgan fingerprint density at radius 2 is 1.58 bits per heavy atom. The van der Waals surface area contributed by atoms with Gasteiger partial charge in [0.1, 0.15) is 10.1 Å². The van der Waals surface area contributed by atoms with E-state index in [9.17, 15) is 26.1 Å². The third kappa shape index (κ3) is 3.48. The lowest BCUT2D eigenvalue weighted by molar-refractivity contribution is -0.138. The number of hydrogen-bond acceptors (Lipinski definition) is 3. The summed E-state index contributed by atoms with van der Waals surface area (Å²) in [6.07, 6.45) is -4.71. The highest BCUT2D eigenvalue weighted by atomic mass is 32.2. The van der Waals surface area contributed by atoms with Crippen molar-refractivity contribution in [1.29, 1.82) is 0 Å². The van der Waals surface area contributed by atoms with Crippen LogP contribution < -0.4 is 0 Å². The lowest BCUT2D eigenvalue weighted by atomic mass is 9.80. The number of hydrogen-bond donors (Lipinski definition) is 0. The van der Waals surface area contributed by atoms with Crippen LogP contribution in [0, 0.1) is 6.92 Å². The maximum absolute atomic E-state index is 13.0. The lowest BCUT2D eigenvalue weighted by Gasteiger charge is -2.27. The second kappa shape index (κ2) is 4.49. The fraction of sp³-hybridized carbons (Fsp3) is 0.500. The standard InChI is InChI=1S/C12H15F3O3S/c1-7-5-8(19(16,17)18)6-9(12(13,14)15)10(7)11(2,3)4/h5-6H,1-4H3,(H,16,17,18)/p-1. The molecule has 0 saturated heterocycles. The monoisotopic (exact) mass is 295 g/mol. The van der Waals surface area contributed by atoms with Crippen molar-refractivity contribution in [1.82, 2.24) is 0 Å². The van der Waals surface area contributed by atoms with Gasteiger partial charge in [0, 0.05) is 0 Å². The Balaban J connectivity index is 3.78. The minimum Gasteiger partial charge on any atom is -0.744 e. The molecule has 0 aliphatic carbocycles. The number of aryl methyl sites for hydroxylation is 1. The van der Waals surface area contributed by atoms with Crippen molar-refractivity contribution in [2.75, 3.05) is 0 Å². The van der Waals surface area contributed by atoms with Crippen LogP contribution in [-0.4, -0.2) is 13.0 Å². The molecule has 1 aromatic rings. The molecule has 3 nitrogen and oxygen atoms in total. The number of alkyl halides is 3. The van der Waals surface area contributed by atoms with Crippen molar-refractivity contribution >= 4 is 10.1 Å². The van der Waals surface area contributed by atoms with E-state index in [1.807, 2.05) is 0 Å². The van der Waals surface area contributed by atoms with Crippen molar-refractivity contribution in [2.24, 2.45) is 0 Å². The summed E-state index contributed by atoms with van der Waals surface area (Å²) < 4.78 is 71.8. The molecule has 0 radical (unpaired) electrons. The largest absolute Gasteiger partial charge is 0.744 e. The summed E-state index contributed by atoms with van der Waals surface area (Å²) in [5, 5.41) is 0. The third-order valence-corrected chi connectivity index (χ3v) is 3.47. The number of rotatable bonds is 1. The molecule has 1 rings (SSSR count). The van der Waals surface area contributed by atoms with Gasteiger partial charge in [-0.05, 0) is 35.6 Å². The first kappa shape index (κ1) is 16.0. The molecule has 0 aliphatic rings. The predicted molar refractivity (Wildman–Crippen MR) is 62.8 cm³/mol. The van der Waals surface area contributed by atoms with E-state index < -0.39 is 32.2 Å². The molecule has 0 atom stereocenters. The Kier molecular flexibility index (Phi) is 3.77. The summed E-state index contributed by atoms with van der Waals surface area (Å²) in [6.45, 7) is 6.15. The van der Waals surface area contributed by atoms with E-state index in [2.05, 4.69) is 0 Å². The molecule has 0 bridgehead atoms. The molecule has 19 heavy (non-hydrogen) atoms. The molecule has 0 aromatic heterocycles. The van der Waals surface area contributed by atoms with E-state index in [1.165, 1.54) is 6.92 Å². The molecule has 0 saturated carbocycles. The summed E-state index contributed by atoms with van der Waals surface area (Å²) in [7, 11) is -4.92. The highest BCUT2D eigenvalue weighted by Gasteiger charge is 2.38. The average Bonchev–Trinajstić information content (AvgIpc) is 2.11. The highest BCUT2D eigenvalue weighted by Crippen LogP contribution is 2.40. The molecule has 0 heterocycles. The van der Waals surface area contributed by atoms with Gasteiger partial charge in [0.05, 0.1) is 10.5 Å². The first-order valence-corrected chi connectivity index (χ1v) is 6.83. The maximum Gasteiger partial charge on any atom is 0.416 e. The summed E-state index contributed by atoms with van der Waals surface area (Å²) in [5.74, 6) is 0. The predicted octanol–water partition coefficient (Wildman–Crippen LogP) is 3.22. The van der Waals surface area contributed by atoms with E-state index in [0.29, 0.717) is 6.07 Å². The molecule has 1 aromatic carbocycles. The molecule has 0 unspecified atom stereocenters. The van der Waals surface area contributed by atoms with Gasteiger partial charge in [-0.2, -0.15) is 13.2 Å². The van der Waals surface area contributed by atoms with E-state index >= 15 is 0 Å². The van der Waals surface area contributed by atoms with Crippen LogP contribution >= 0.6 is 0 Å². The fourth-order valence-electron chi connectivity index (χ4n) is 2.12. The fourth-order valence-corrected chi connectivity index (χ4v) is 2.70. The molecule has 0 amide bonds. The molecule has 0 N–H and O–H groups in total. The summed E-state index contributed by atoms with van der Waals surface area (Å²) in [5.41, 5.74) is -1.77. The molecular weight excluding hydrogens is 281 g/mol. The normalized spacial score (nSPS) is 13.7. The Bertz CT molecular complexity index is 596. The minimum atomic E-state index is -4.92. The molecular formula is C12H14F3O3S-. The van der Waals surface area contributed by atoms with Crippen molar-refractivity contribution in [3.63, 3.8) is 0 Å². The highest BCUT2D eigenvalue weighted by molar-refractivity contribution is 7.85. The molecule has 0 fully saturated rings. The zero-order valence-corrected chi connectivity index (χ0v) is 11.7. The molecule has 0 spiro atoms. The minimum absolute atomic E-state index is 0.00704. The topological polar surface area (TPSA) is 57.2 Å². The molecule has 0 aliphatic heterocycles. The van der Waals surface area contributed by atoms with Gasteiger partial charge < -0.3 is 4.55 Å². The second-order valence-corrected chi connectivity index (χ2v) is 6.74. The van der Waals surface area contributed by atoms with Crippen molar-refractivity contribution < 1.29 is 26.1 Å². The summed E-state index contributed by atoms with van der Waals surface area (Å²) in [4.78, 5) is -0.856. The number of halogens is 3. The summed E-state index contributed by atoms with van der Waals surface area (Å²) >= 11 is 0. The zero-order chi connectivity index (χ0) is 15.2. The van der Waals surface area contributed by atoms with Gasteiger partial charge in [-0.15, -0.1) is 0 Å². The third-order valence-electron chi connectivity index (χ3n) is 2.65. The van der Waals surface area contributed by atoms with Crippen LogP contribution in [0.4, 0.5) is 13.2 Å². The van der Waals surface area contributed by atoms with Crippen molar-refractivity contribution in [3.05, 3.63) is 28.8 Å². The van der Waals surface area contributed by atoms with Crippen LogP contribution in [0.3, 0.4) is 0 Å². The SMILES string of the molecule is Cc1cc(S(=O)(=O)[O-])cc(C(F)(F)F)c1C(C)(C)C. The molecule has 7 heteroatoms. The van der Waals surface area contributed by atoms with Crippen molar-refractivity contribution in [3.8, 4) is 0 Å². The van der Waals surface area contributed by atoms with Gasteiger partial charge in [0.15, 0.2) is 0 Å². The summed E-state index contributed by atoms with van der Waals surface area (Å²) in [6, 6.07) is 1.40. The van der Waals surface area contributed by atoms with E-state index in [4.69, 9.17) is 0 Å². The lowest BCUT2D eigenvalue weighted by Crippen LogP contribution is -2.22. The maximum atomic E-state index is 13.0. The second-order valence-electron chi connectivity index (χ2n) is 5.36. The first-order chi connectivity index (χ1) is 8.24. The van der Waals surface area contributed by atoms with Crippen molar-refractivity contribution in [2.45, 2.75) is 44.2 Å². The Morgan fingerprint density at radius 3 is 1.89 bits per heavy atom. The van der Waals surface area contributed by atoms with E-state index in [1.54, 1.807) is 20.8 Å². The Labute approximate surface area is 110 Å². The van der Waals surface area contributed by atoms with Gasteiger partial charge in [0.25, 0.3) is 0 Å². The van der Waals surface area contributed by atoms with Crippen LogP contribution in [0.5, 0.6) is 0 Å². The van der Waals surface area contributed by atoms with Crippen LogP contribution in [0.1, 0.15) is 37.5 Å². The van der Waals surface area contributed by atoms with Crippen LogP contribution in [0.15, 0.2) is 17.0 Å². The van der Waals surface area contributed by atoms with Gasteiger partial charge in [0.2, 0.25) is 0 Å². The Hall–Kier alpha value is -1.08. The first-order valence-electron chi connectivity index (χ1n) is 5.43. The van der Waals surface area contributed by atoms with Gasteiger partial charge >= 0.3 is 6.18 Å². The van der Waals surface area contributed by atoms with Crippen LogP contribution in [0.2, 0.25) is 0 Å². The van der Waals surface area contributed by atoms with Gasteiger partial charge in [-0.1, -0.05) is 20.8 Å². The molecule has 108 valence electrons. The zero-order valence-electron chi connectivity index (χ0n) is 10.9. The number of benzene rings is 1. The van der Waals surface area contributed by atoms with Gasteiger partial charge in [-0.25, -0.2) is 8.42 Å². The average molecular weight is 295 g/mol. The van der Waals surface area contributed by atoms with E-state index in [0.717, 1.165) is 6.07 Å². The van der Waals surface area contributed by atoms with Crippen LogP contribution in [-0.2, 0) is 21.7 Å². The Morgan fingerprint density at radius 1 is 1.11 bits per heavy atom. The van der Waals surface area contributed by atoms with Crippen LogP contribution in [0.25, 0.3) is 0 Å². The quantitative estimate of drug-likeness (QED) is 0.747. The van der Waals surface area contributed by atoms with E-state index in [-0.39, 0.29) is 11.1 Å².